The zero-order valence-electron chi connectivity index (χ0n) is 7.88. The third-order valence-electron chi connectivity index (χ3n) is 2.58. The number of hydrogen-bond acceptors (Lipinski definition) is 3. The van der Waals surface area contributed by atoms with Gasteiger partial charge in [0.2, 0.25) is 0 Å². The lowest BCUT2D eigenvalue weighted by Crippen LogP contribution is -2.37. The standard InChI is InChI=1S/C9H20N2O/c1-2-12-11-7-6-9(10)8-4-3-5-8/h8-9,11H,2-7,10H2,1H3. The molecule has 0 spiro atoms. The van der Waals surface area contributed by atoms with Crippen molar-refractivity contribution in [3.63, 3.8) is 0 Å². The van der Waals surface area contributed by atoms with Gasteiger partial charge in [-0.1, -0.05) is 6.42 Å². The van der Waals surface area contributed by atoms with Crippen molar-refractivity contribution in [2.45, 2.75) is 38.6 Å². The molecule has 0 heterocycles. The van der Waals surface area contributed by atoms with Crippen molar-refractivity contribution in [1.29, 1.82) is 0 Å². The van der Waals surface area contributed by atoms with Crippen LogP contribution in [0, 0.1) is 5.92 Å². The maximum atomic E-state index is 5.97. The molecule has 0 aliphatic heterocycles. The number of nitrogens with one attached hydrogen (secondary N) is 1. The minimum atomic E-state index is 0.381. The number of hydroxylamine groups is 1. The molecular weight excluding hydrogens is 152 g/mol. The fourth-order valence-corrected chi connectivity index (χ4v) is 1.50. The Kier molecular flexibility index (Phi) is 4.58. The molecule has 1 atom stereocenters. The van der Waals surface area contributed by atoms with Crippen LogP contribution in [0.1, 0.15) is 32.6 Å². The number of hydrogen-bond donors (Lipinski definition) is 2. The fourth-order valence-electron chi connectivity index (χ4n) is 1.50. The van der Waals surface area contributed by atoms with Gasteiger partial charge in [-0.2, -0.15) is 0 Å². The molecule has 3 heteroatoms. The average Bonchev–Trinajstić information content (AvgIpc) is 1.95. The second-order valence-corrected chi connectivity index (χ2v) is 3.47. The monoisotopic (exact) mass is 172 g/mol. The van der Waals surface area contributed by atoms with Crippen molar-refractivity contribution in [1.82, 2.24) is 5.48 Å². The fraction of sp³-hybridized carbons (Fsp3) is 1.00. The third kappa shape index (κ3) is 3.09. The maximum absolute atomic E-state index is 5.97. The molecule has 0 amide bonds. The molecule has 1 unspecified atom stereocenters. The minimum Gasteiger partial charge on any atom is -0.327 e. The van der Waals surface area contributed by atoms with Gasteiger partial charge in [0, 0.05) is 12.6 Å². The summed E-state index contributed by atoms with van der Waals surface area (Å²) in [6.07, 6.45) is 5.06. The Morgan fingerprint density at radius 3 is 2.83 bits per heavy atom. The van der Waals surface area contributed by atoms with Gasteiger partial charge in [-0.3, -0.25) is 0 Å². The largest absolute Gasteiger partial charge is 0.327 e. The highest BCUT2D eigenvalue weighted by Gasteiger charge is 2.23. The molecule has 72 valence electrons. The molecule has 1 rings (SSSR count). The van der Waals surface area contributed by atoms with E-state index in [4.69, 9.17) is 10.6 Å². The molecule has 3 nitrogen and oxygen atoms in total. The van der Waals surface area contributed by atoms with E-state index in [1.807, 2.05) is 6.92 Å². The second kappa shape index (κ2) is 5.51. The summed E-state index contributed by atoms with van der Waals surface area (Å²) >= 11 is 0. The van der Waals surface area contributed by atoms with Crippen molar-refractivity contribution >= 4 is 0 Å². The van der Waals surface area contributed by atoms with Crippen LogP contribution in [0.15, 0.2) is 0 Å². The van der Waals surface area contributed by atoms with E-state index in [2.05, 4.69) is 5.48 Å². The lowest BCUT2D eigenvalue weighted by Gasteiger charge is -2.31. The van der Waals surface area contributed by atoms with Crippen LogP contribution in [0.3, 0.4) is 0 Å². The molecular formula is C9H20N2O. The van der Waals surface area contributed by atoms with Crippen molar-refractivity contribution in [2.24, 2.45) is 11.7 Å². The Bertz CT molecular complexity index is 115. The van der Waals surface area contributed by atoms with E-state index < -0.39 is 0 Å². The van der Waals surface area contributed by atoms with Crippen molar-refractivity contribution in [2.75, 3.05) is 13.2 Å². The normalized spacial score (nSPS) is 20.5. The van der Waals surface area contributed by atoms with Gasteiger partial charge in [0.15, 0.2) is 0 Å². The number of nitrogens with two attached hydrogens (primary N) is 1. The second-order valence-electron chi connectivity index (χ2n) is 3.47. The van der Waals surface area contributed by atoms with Gasteiger partial charge in [-0.25, -0.2) is 5.48 Å². The highest BCUT2D eigenvalue weighted by atomic mass is 16.6. The van der Waals surface area contributed by atoms with E-state index in [0.29, 0.717) is 6.04 Å². The van der Waals surface area contributed by atoms with E-state index in [1.54, 1.807) is 0 Å². The first-order chi connectivity index (χ1) is 5.84. The van der Waals surface area contributed by atoms with Gasteiger partial charge in [0.25, 0.3) is 0 Å². The molecule has 0 radical (unpaired) electrons. The van der Waals surface area contributed by atoms with Gasteiger partial charge in [0.05, 0.1) is 6.61 Å². The molecule has 0 saturated heterocycles. The summed E-state index contributed by atoms with van der Waals surface area (Å²) in [4.78, 5) is 5.01. The van der Waals surface area contributed by atoms with Gasteiger partial charge in [-0.15, -0.1) is 0 Å². The highest BCUT2D eigenvalue weighted by Crippen LogP contribution is 2.29. The van der Waals surface area contributed by atoms with Gasteiger partial charge < -0.3 is 10.6 Å². The molecule has 1 saturated carbocycles. The maximum Gasteiger partial charge on any atom is 0.0653 e. The molecule has 3 N–H and O–H groups in total. The SMILES string of the molecule is CCONCCC(N)C1CCC1. The van der Waals surface area contributed by atoms with Crippen LogP contribution in [0.25, 0.3) is 0 Å². The Morgan fingerprint density at radius 1 is 1.58 bits per heavy atom. The van der Waals surface area contributed by atoms with Crippen LogP contribution >= 0.6 is 0 Å². The molecule has 1 aliphatic carbocycles. The summed E-state index contributed by atoms with van der Waals surface area (Å²) in [5.41, 5.74) is 8.85. The summed E-state index contributed by atoms with van der Waals surface area (Å²) in [7, 11) is 0. The van der Waals surface area contributed by atoms with E-state index in [-0.39, 0.29) is 0 Å². The first-order valence-electron chi connectivity index (χ1n) is 4.94. The molecule has 12 heavy (non-hydrogen) atoms. The molecule has 1 aliphatic rings. The predicted molar refractivity (Wildman–Crippen MR) is 49.6 cm³/mol. The van der Waals surface area contributed by atoms with Crippen LogP contribution in [0.5, 0.6) is 0 Å². The molecule has 1 fully saturated rings. The molecule has 0 bridgehead atoms. The smallest absolute Gasteiger partial charge is 0.0653 e. The zero-order valence-corrected chi connectivity index (χ0v) is 7.88. The number of rotatable bonds is 6. The first kappa shape index (κ1) is 9.96. The Morgan fingerprint density at radius 2 is 2.33 bits per heavy atom. The van der Waals surface area contributed by atoms with Gasteiger partial charge >= 0.3 is 0 Å². The van der Waals surface area contributed by atoms with E-state index >= 15 is 0 Å². The molecule has 0 aromatic carbocycles. The topological polar surface area (TPSA) is 47.3 Å². The summed E-state index contributed by atoms with van der Waals surface area (Å²) in [6.45, 7) is 3.57. The summed E-state index contributed by atoms with van der Waals surface area (Å²) < 4.78 is 0. The third-order valence-corrected chi connectivity index (χ3v) is 2.58. The lowest BCUT2D eigenvalue weighted by atomic mass is 9.79. The lowest BCUT2D eigenvalue weighted by molar-refractivity contribution is 0.0472. The van der Waals surface area contributed by atoms with Crippen LogP contribution in [0.2, 0.25) is 0 Å². The van der Waals surface area contributed by atoms with Gasteiger partial charge in [0.1, 0.15) is 0 Å². The van der Waals surface area contributed by atoms with Gasteiger partial charge in [-0.05, 0) is 32.1 Å². The van der Waals surface area contributed by atoms with Crippen molar-refractivity contribution in [3.05, 3.63) is 0 Å². The molecule has 0 aromatic rings. The minimum absolute atomic E-state index is 0.381. The van der Waals surface area contributed by atoms with E-state index in [0.717, 1.165) is 25.5 Å². The first-order valence-corrected chi connectivity index (χ1v) is 4.94. The average molecular weight is 172 g/mol. The quantitative estimate of drug-likeness (QED) is 0.465. The van der Waals surface area contributed by atoms with Crippen molar-refractivity contribution in [3.8, 4) is 0 Å². The predicted octanol–water partition coefficient (Wildman–Crippen LogP) is 1.04. The van der Waals surface area contributed by atoms with Crippen molar-refractivity contribution < 1.29 is 4.84 Å². The Hall–Kier alpha value is -0.120. The molecule has 0 aromatic heterocycles. The zero-order chi connectivity index (χ0) is 8.81. The summed E-state index contributed by atoms with van der Waals surface area (Å²) in [5.74, 6) is 0.786. The summed E-state index contributed by atoms with van der Waals surface area (Å²) in [5, 5.41) is 0. The van der Waals surface area contributed by atoms with E-state index in [1.165, 1.54) is 19.3 Å². The van der Waals surface area contributed by atoms with E-state index in [9.17, 15) is 0 Å². The van der Waals surface area contributed by atoms with Crippen LogP contribution < -0.4 is 11.2 Å². The van der Waals surface area contributed by atoms with Crippen LogP contribution in [0.4, 0.5) is 0 Å². The summed E-state index contributed by atoms with van der Waals surface area (Å²) in [6, 6.07) is 0.381. The van der Waals surface area contributed by atoms with Crippen LogP contribution in [-0.2, 0) is 4.84 Å². The highest BCUT2D eigenvalue weighted by molar-refractivity contribution is 4.79. The Labute approximate surface area is 74.6 Å². The van der Waals surface area contributed by atoms with Crippen LogP contribution in [-0.4, -0.2) is 19.2 Å². The Balaban J connectivity index is 1.91.